The molecular formula is C25H24ClN3O4. The topological polar surface area (TPSA) is 97.3 Å². The molecule has 33 heavy (non-hydrogen) atoms. The molecule has 4 rings (SSSR count). The first-order valence-electron chi connectivity index (χ1n) is 10.7. The van der Waals surface area contributed by atoms with Gasteiger partial charge in [0.1, 0.15) is 17.6 Å². The summed E-state index contributed by atoms with van der Waals surface area (Å²) in [6, 6.07) is 12.9. The summed E-state index contributed by atoms with van der Waals surface area (Å²) in [7, 11) is 0. The van der Waals surface area contributed by atoms with Crippen molar-refractivity contribution in [3.05, 3.63) is 75.8 Å². The Morgan fingerprint density at radius 1 is 1.24 bits per heavy atom. The van der Waals surface area contributed by atoms with E-state index in [9.17, 15) is 14.9 Å². The van der Waals surface area contributed by atoms with E-state index < -0.39 is 23.9 Å². The van der Waals surface area contributed by atoms with Gasteiger partial charge in [-0.3, -0.25) is 9.59 Å². The molecule has 3 aromatic rings. The van der Waals surface area contributed by atoms with Gasteiger partial charge in [-0.15, -0.1) is 0 Å². The van der Waals surface area contributed by atoms with Crippen molar-refractivity contribution >= 4 is 29.3 Å². The van der Waals surface area contributed by atoms with Crippen LogP contribution in [0.5, 0.6) is 0 Å². The van der Waals surface area contributed by atoms with Gasteiger partial charge in [-0.25, -0.2) is 0 Å². The lowest BCUT2D eigenvalue weighted by Crippen LogP contribution is -2.44. The zero-order chi connectivity index (χ0) is 23.6. The van der Waals surface area contributed by atoms with Crippen molar-refractivity contribution in [1.29, 1.82) is 5.26 Å². The molecule has 0 spiro atoms. The van der Waals surface area contributed by atoms with Crippen molar-refractivity contribution in [2.45, 2.75) is 45.1 Å². The van der Waals surface area contributed by atoms with Crippen molar-refractivity contribution in [1.82, 2.24) is 4.57 Å². The van der Waals surface area contributed by atoms with Gasteiger partial charge in [0.05, 0.1) is 23.8 Å². The highest BCUT2D eigenvalue weighted by Gasteiger charge is 2.47. The molecule has 7 nitrogen and oxygen atoms in total. The Morgan fingerprint density at radius 3 is 2.55 bits per heavy atom. The Balaban J connectivity index is 1.48. The van der Waals surface area contributed by atoms with Crippen molar-refractivity contribution < 1.29 is 18.7 Å². The van der Waals surface area contributed by atoms with Gasteiger partial charge in [-0.05, 0) is 62.1 Å². The summed E-state index contributed by atoms with van der Waals surface area (Å²) in [5.74, 6) is 0.115. The largest absolute Gasteiger partial charge is 0.467 e. The first-order chi connectivity index (χ1) is 15.9. The van der Waals surface area contributed by atoms with E-state index in [2.05, 4.69) is 11.4 Å². The Labute approximate surface area is 196 Å². The summed E-state index contributed by atoms with van der Waals surface area (Å²) in [6.07, 6.45) is 3.81. The minimum absolute atomic E-state index is 0.358. The van der Waals surface area contributed by atoms with Crippen molar-refractivity contribution in [2.75, 3.05) is 11.9 Å². The second-order valence-corrected chi connectivity index (χ2v) is 8.71. The number of halogens is 1. The summed E-state index contributed by atoms with van der Waals surface area (Å²) in [4.78, 5) is 25.7. The predicted molar refractivity (Wildman–Crippen MR) is 123 cm³/mol. The van der Waals surface area contributed by atoms with Crippen LogP contribution in [-0.2, 0) is 26.3 Å². The average Bonchev–Trinajstić information content (AvgIpc) is 3.36. The number of nitrogens with one attached hydrogen (secondary N) is 1. The molecule has 8 heteroatoms. The van der Waals surface area contributed by atoms with Gasteiger partial charge in [0.15, 0.2) is 6.61 Å². The fourth-order valence-electron chi connectivity index (χ4n) is 4.23. The predicted octanol–water partition coefficient (Wildman–Crippen LogP) is 4.87. The zero-order valence-corrected chi connectivity index (χ0v) is 19.2. The van der Waals surface area contributed by atoms with E-state index in [-0.39, 0.29) is 0 Å². The zero-order valence-electron chi connectivity index (χ0n) is 18.5. The molecule has 1 aliphatic carbocycles. The molecule has 1 N–H and O–H groups in total. The van der Waals surface area contributed by atoms with Crippen LogP contribution in [0.4, 0.5) is 5.82 Å². The number of amides is 1. The number of furan rings is 1. The quantitative estimate of drug-likeness (QED) is 0.502. The Morgan fingerprint density at radius 2 is 1.97 bits per heavy atom. The first-order valence-corrected chi connectivity index (χ1v) is 11.1. The average molecular weight is 466 g/mol. The number of hydrogen-bond acceptors (Lipinski definition) is 5. The van der Waals surface area contributed by atoms with E-state index in [0.29, 0.717) is 41.6 Å². The third-order valence-electron chi connectivity index (χ3n) is 6.42. The molecule has 1 fully saturated rings. The van der Waals surface area contributed by atoms with Crippen LogP contribution in [-0.4, -0.2) is 23.1 Å². The minimum Gasteiger partial charge on any atom is -0.467 e. The number of aromatic nitrogens is 1. The lowest BCUT2D eigenvalue weighted by atomic mass is 9.64. The molecule has 0 saturated heterocycles. The number of benzene rings is 1. The molecule has 0 aliphatic heterocycles. The van der Waals surface area contributed by atoms with Crippen LogP contribution >= 0.6 is 11.6 Å². The molecule has 1 aromatic carbocycles. The third-order valence-corrected chi connectivity index (χ3v) is 6.67. The number of nitriles is 1. The van der Waals surface area contributed by atoms with E-state index in [1.165, 1.54) is 0 Å². The second-order valence-electron chi connectivity index (χ2n) is 8.28. The van der Waals surface area contributed by atoms with E-state index in [0.717, 1.165) is 23.2 Å². The molecule has 170 valence electrons. The molecule has 0 unspecified atom stereocenters. The summed E-state index contributed by atoms with van der Waals surface area (Å²) in [6.45, 7) is 3.62. The van der Waals surface area contributed by atoms with Crippen molar-refractivity contribution in [3.8, 4) is 6.07 Å². The Hall–Kier alpha value is -3.50. The lowest BCUT2D eigenvalue weighted by molar-refractivity contribution is -0.156. The van der Waals surface area contributed by atoms with Gasteiger partial charge < -0.3 is 19.0 Å². The maximum Gasteiger partial charge on any atom is 0.317 e. The summed E-state index contributed by atoms with van der Waals surface area (Å²) in [5, 5.41) is 13.0. The van der Waals surface area contributed by atoms with Crippen LogP contribution in [0.3, 0.4) is 0 Å². The fourth-order valence-corrected chi connectivity index (χ4v) is 4.36. The van der Waals surface area contributed by atoms with Crippen LogP contribution in [0.25, 0.3) is 0 Å². The molecule has 1 saturated carbocycles. The summed E-state index contributed by atoms with van der Waals surface area (Å²) in [5.41, 5.74) is 2.08. The number of esters is 1. The third kappa shape index (κ3) is 4.27. The van der Waals surface area contributed by atoms with Gasteiger partial charge in [0, 0.05) is 10.7 Å². The maximum absolute atomic E-state index is 12.9. The number of hydrogen-bond donors (Lipinski definition) is 1. The van der Waals surface area contributed by atoms with Gasteiger partial charge in [0.2, 0.25) is 0 Å². The highest BCUT2D eigenvalue weighted by molar-refractivity contribution is 6.30. The van der Waals surface area contributed by atoms with Crippen LogP contribution < -0.4 is 5.32 Å². The van der Waals surface area contributed by atoms with Crippen LogP contribution in [0.15, 0.2) is 47.1 Å². The normalized spacial score (nSPS) is 14.2. The monoisotopic (exact) mass is 465 g/mol. The first kappa shape index (κ1) is 22.7. The standard InChI is InChI=1S/C25H24ClN3O4/c1-16-17(2)29(14-20-5-3-12-32-20)23(21(16)13-27)28-22(30)15-33-24(31)25(10-4-11-25)18-6-8-19(26)9-7-18/h3,5-9,12H,4,10-11,14-15H2,1-2H3,(H,28,30). The number of carbonyl (C=O) groups excluding carboxylic acids is 2. The van der Waals surface area contributed by atoms with Gasteiger partial charge >= 0.3 is 5.97 Å². The molecule has 1 aliphatic rings. The smallest absolute Gasteiger partial charge is 0.317 e. The highest BCUT2D eigenvalue weighted by Crippen LogP contribution is 2.45. The SMILES string of the molecule is Cc1c(C#N)c(NC(=O)COC(=O)C2(c3ccc(Cl)cc3)CCC2)n(Cc2ccco2)c1C. The highest BCUT2D eigenvalue weighted by atomic mass is 35.5. The number of carbonyl (C=O) groups is 2. The Kier molecular flexibility index (Phi) is 6.30. The molecule has 0 atom stereocenters. The second kappa shape index (κ2) is 9.16. The van der Waals surface area contributed by atoms with E-state index in [1.54, 1.807) is 24.5 Å². The van der Waals surface area contributed by atoms with Gasteiger partial charge in [-0.1, -0.05) is 30.2 Å². The fraction of sp³-hybridized carbons (Fsp3) is 0.320. The van der Waals surface area contributed by atoms with Gasteiger partial charge in [-0.2, -0.15) is 5.26 Å². The molecule has 2 aromatic heterocycles. The van der Waals surface area contributed by atoms with E-state index in [4.69, 9.17) is 20.8 Å². The van der Waals surface area contributed by atoms with E-state index in [1.807, 2.05) is 36.6 Å². The molecular weight excluding hydrogens is 442 g/mol. The maximum atomic E-state index is 12.9. The molecule has 1 amide bonds. The van der Waals surface area contributed by atoms with E-state index >= 15 is 0 Å². The minimum atomic E-state index is -0.741. The van der Waals surface area contributed by atoms with Crippen LogP contribution in [0.2, 0.25) is 5.02 Å². The number of anilines is 1. The molecule has 2 heterocycles. The molecule has 0 bridgehead atoms. The summed E-state index contributed by atoms with van der Waals surface area (Å²) >= 11 is 5.98. The van der Waals surface area contributed by atoms with Crippen LogP contribution in [0, 0.1) is 25.2 Å². The summed E-state index contributed by atoms with van der Waals surface area (Å²) < 4.78 is 12.7. The lowest BCUT2D eigenvalue weighted by Gasteiger charge is -2.39. The van der Waals surface area contributed by atoms with Crippen LogP contribution in [0.1, 0.15) is 47.4 Å². The number of nitrogens with zero attached hydrogens (tertiary/aromatic N) is 2. The van der Waals surface area contributed by atoms with Gasteiger partial charge in [0.25, 0.3) is 5.91 Å². The Bertz CT molecular complexity index is 1220. The molecule has 0 radical (unpaired) electrons. The number of rotatable bonds is 7. The van der Waals surface area contributed by atoms with Crippen molar-refractivity contribution in [2.24, 2.45) is 0 Å². The van der Waals surface area contributed by atoms with Crippen molar-refractivity contribution in [3.63, 3.8) is 0 Å². The number of ether oxygens (including phenoxy) is 1.